The number of nitrogens with one attached hydrogen (secondary N) is 1. The monoisotopic (exact) mass is 243 g/mol. The van der Waals surface area contributed by atoms with Gasteiger partial charge in [-0.05, 0) is 19.3 Å². The second kappa shape index (κ2) is 6.59. The van der Waals surface area contributed by atoms with Crippen molar-refractivity contribution >= 4 is 11.9 Å². The molecule has 0 aromatic carbocycles. The molecule has 2 unspecified atom stereocenters. The Morgan fingerprint density at radius 3 is 2.35 bits per heavy atom. The number of aliphatic hydroxyl groups excluding tert-OH is 1. The fourth-order valence-corrected chi connectivity index (χ4v) is 2.33. The highest BCUT2D eigenvalue weighted by molar-refractivity contribution is 5.85. The number of carboxylic acids is 1. The van der Waals surface area contributed by atoms with Crippen LogP contribution in [0.5, 0.6) is 0 Å². The van der Waals surface area contributed by atoms with Crippen LogP contribution in [0.2, 0.25) is 0 Å². The van der Waals surface area contributed by atoms with E-state index in [2.05, 4.69) is 5.32 Å². The Balaban J connectivity index is 2.61. The van der Waals surface area contributed by atoms with Crippen LogP contribution < -0.4 is 5.32 Å². The van der Waals surface area contributed by atoms with Gasteiger partial charge < -0.3 is 15.5 Å². The summed E-state index contributed by atoms with van der Waals surface area (Å²) in [4.78, 5) is 23.0. The summed E-state index contributed by atoms with van der Waals surface area (Å²) in [6.07, 6.45) is 3.62. The average molecular weight is 243 g/mol. The Morgan fingerprint density at radius 1 is 1.29 bits per heavy atom. The van der Waals surface area contributed by atoms with Gasteiger partial charge in [-0.15, -0.1) is 0 Å². The molecule has 1 aliphatic rings. The van der Waals surface area contributed by atoms with Crippen molar-refractivity contribution in [1.82, 2.24) is 5.32 Å². The van der Waals surface area contributed by atoms with Crippen molar-refractivity contribution in [2.45, 2.75) is 45.1 Å². The summed E-state index contributed by atoms with van der Waals surface area (Å²) in [5.41, 5.74) is 0. The van der Waals surface area contributed by atoms with Gasteiger partial charge in [0, 0.05) is 0 Å². The molecule has 1 rings (SSSR count). The number of amides is 1. The molecule has 17 heavy (non-hydrogen) atoms. The average Bonchev–Trinajstić information content (AvgIpc) is 2.35. The lowest BCUT2D eigenvalue weighted by Gasteiger charge is -2.28. The van der Waals surface area contributed by atoms with Gasteiger partial charge in [0.15, 0.2) is 0 Å². The van der Waals surface area contributed by atoms with Gasteiger partial charge in [0.05, 0.1) is 24.5 Å². The normalized spacial score (nSPS) is 26.2. The maximum absolute atomic E-state index is 12.0. The van der Waals surface area contributed by atoms with Crippen molar-refractivity contribution in [3.8, 4) is 0 Å². The fraction of sp³-hybridized carbons (Fsp3) is 0.833. The molecule has 1 saturated carbocycles. The third-order valence-corrected chi connectivity index (χ3v) is 3.48. The predicted octanol–water partition coefficient (Wildman–Crippen LogP) is 0.764. The van der Waals surface area contributed by atoms with E-state index >= 15 is 0 Å². The topological polar surface area (TPSA) is 86.6 Å². The maximum atomic E-state index is 12.0. The van der Waals surface area contributed by atoms with Crippen molar-refractivity contribution in [3.63, 3.8) is 0 Å². The second-order valence-electron chi connectivity index (χ2n) is 4.63. The number of carboxylic acid groups (broad SMARTS) is 1. The number of hydrogen-bond donors (Lipinski definition) is 3. The first-order valence-electron chi connectivity index (χ1n) is 6.24. The number of carbonyl (C=O) groups is 2. The van der Waals surface area contributed by atoms with Gasteiger partial charge in [0.25, 0.3) is 0 Å². The summed E-state index contributed by atoms with van der Waals surface area (Å²) < 4.78 is 0. The van der Waals surface area contributed by atoms with Crippen molar-refractivity contribution in [2.24, 2.45) is 11.8 Å². The third-order valence-electron chi connectivity index (χ3n) is 3.48. The van der Waals surface area contributed by atoms with E-state index in [1.54, 1.807) is 0 Å². The number of rotatable bonds is 5. The lowest BCUT2D eigenvalue weighted by atomic mass is 9.78. The number of aliphatic hydroxyl groups is 1. The summed E-state index contributed by atoms with van der Waals surface area (Å²) >= 11 is 0. The van der Waals surface area contributed by atoms with Crippen molar-refractivity contribution in [2.75, 3.05) is 6.61 Å². The number of hydrogen-bond acceptors (Lipinski definition) is 3. The molecule has 3 N–H and O–H groups in total. The van der Waals surface area contributed by atoms with Crippen LogP contribution in [0.4, 0.5) is 0 Å². The SMILES string of the molecule is CC[C@H](CO)NC(=O)C1CCCCC1C(=O)O. The summed E-state index contributed by atoms with van der Waals surface area (Å²) in [6, 6.07) is -0.265. The standard InChI is InChI=1S/C12H21NO4/c1-2-8(7-14)13-11(15)9-5-3-4-6-10(9)12(16)17/h8-10,14H,2-7H2,1H3,(H,13,15)(H,16,17)/t8-,9?,10?/m1/s1. The first kappa shape index (κ1) is 14.0. The molecule has 98 valence electrons. The molecule has 0 aromatic rings. The summed E-state index contributed by atoms with van der Waals surface area (Å²) in [7, 11) is 0. The molecule has 0 saturated heterocycles. The van der Waals surface area contributed by atoms with Crippen LogP contribution in [-0.4, -0.2) is 34.7 Å². The van der Waals surface area contributed by atoms with E-state index in [1.807, 2.05) is 6.92 Å². The molecule has 0 aromatic heterocycles. The van der Waals surface area contributed by atoms with Gasteiger partial charge in [-0.2, -0.15) is 0 Å². The fourth-order valence-electron chi connectivity index (χ4n) is 2.33. The minimum atomic E-state index is -0.887. The minimum absolute atomic E-state index is 0.104. The molecule has 5 heteroatoms. The molecular formula is C12H21NO4. The molecule has 0 aliphatic heterocycles. The summed E-state index contributed by atoms with van der Waals surface area (Å²) in [6.45, 7) is 1.77. The Kier molecular flexibility index (Phi) is 5.41. The first-order chi connectivity index (χ1) is 8.10. The van der Waals surface area contributed by atoms with E-state index in [1.165, 1.54) is 0 Å². The molecule has 1 amide bonds. The summed E-state index contributed by atoms with van der Waals surface area (Å²) in [5, 5.41) is 20.8. The molecule has 0 radical (unpaired) electrons. The zero-order valence-corrected chi connectivity index (χ0v) is 10.2. The van der Waals surface area contributed by atoms with Crippen molar-refractivity contribution in [1.29, 1.82) is 0 Å². The van der Waals surface area contributed by atoms with E-state index in [0.717, 1.165) is 12.8 Å². The Hall–Kier alpha value is -1.10. The zero-order valence-electron chi connectivity index (χ0n) is 10.2. The van der Waals surface area contributed by atoms with Gasteiger partial charge in [-0.1, -0.05) is 19.8 Å². The van der Waals surface area contributed by atoms with Crippen LogP contribution in [0, 0.1) is 11.8 Å². The minimum Gasteiger partial charge on any atom is -0.481 e. The molecule has 0 bridgehead atoms. The largest absolute Gasteiger partial charge is 0.481 e. The van der Waals surface area contributed by atoms with Gasteiger partial charge in [-0.25, -0.2) is 0 Å². The molecule has 5 nitrogen and oxygen atoms in total. The van der Waals surface area contributed by atoms with Crippen molar-refractivity contribution in [3.05, 3.63) is 0 Å². The van der Waals surface area contributed by atoms with Gasteiger partial charge in [0.2, 0.25) is 5.91 Å². The highest BCUT2D eigenvalue weighted by atomic mass is 16.4. The van der Waals surface area contributed by atoms with E-state index in [9.17, 15) is 9.59 Å². The predicted molar refractivity (Wildman–Crippen MR) is 62.4 cm³/mol. The van der Waals surface area contributed by atoms with Crippen LogP contribution >= 0.6 is 0 Å². The van der Waals surface area contributed by atoms with E-state index in [4.69, 9.17) is 10.2 Å². The smallest absolute Gasteiger partial charge is 0.307 e. The Bertz CT molecular complexity index is 276. The van der Waals surface area contributed by atoms with Crippen LogP contribution in [0.25, 0.3) is 0 Å². The quantitative estimate of drug-likeness (QED) is 0.665. The van der Waals surface area contributed by atoms with E-state index in [0.29, 0.717) is 19.3 Å². The van der Waals surface area contributed by atoms with E-state index < -0.39 is 17.8 Å². The second-order valence-corrected chi connectivity index (χ2v) is 4.63. The molecule has 0 spiro atoms. The Labute approximate surface area is 101 Å². The third kappa shape index (κ3) is 3.70. The van der Waals surface area contributed by atoms with E-state index in [-0.39, 0.29) is 18.6 Å². The molecular weight excluding hydrogens is 222 g/mol. The van der Waals surface area contributed by atoms with Gasteiger partial charge in [-0.3, -0.25) is 9.59 Å². The molecule has 3 atom stereocenters. The van der Waals surface area contributed by atoms with Crippen LogP contribution in [0.3, 0.4) is 0 Å². The van der Waals surface area contributed by atoms with Gasteiger partial charge >= 0.3 is 5.97 Å². The van der Waals surface area contributed by atoms with Crippen molar-refractivity contribution < 1.29 is 19.8 Å². The Morgan fingerprint density at radius 2 is 1.88 bits per heavy atom. The highest BCUT2D eigenvalue weighted by Crippen LogP contribution is 2.30. The zero-order chi connectivity index (χ0) is 12.8. The lowest BCUT2D eigenvalue weighted by molar-refractivity contribution is -0.149. The number of carbonyl (C=O) groups excluding carboxylic acids is 1. The van der Waals surface area contributed by atoms with Crippen LogP contribution in [0.15, 0.2) is 0 Å². The summed E-state index contributed by atoms with van der Waals surface area (Å²) in [5.74, 6) is -2.12. The molecule has 1 fully saturated rings. The maximum Gasteiger partial charge on any atom is 0.307 e. The van der Waals surface area contributed by atoms with Crippen LogP contribution in [-0.2, 0) is 9.59 Å². The van der Waals surface area contributed by atoms with Crippen LogP contribution in [0.1, 0.15) is 39.0 Å². The van der Waals surface area contributed by atoms with Gasteiger partial charge in [0.1, 0.15) is 0 Å². The molecule has 1 aliphatic carbocycles. The number of aliphatic carboxylic acids is 1. The highest BCUT2D eigenvalue weighted by Gasteiger charge is 2.36. The molecule has 0 heterocycles. The first-order valence-corrected chi connectivity index (χ1v) is 6.24. The lowest BCUT2D eigenvalue weighted by Crippen LogP contribution is -2.45.